The zero-order valence-corrected chi connectivity index (χ0v) is 14.5. The summed E-state index contributed by atoms with van der Waals surface area (Å²) in [6.07, 6.45) is 8.12. The third-order valence-electron chi connectivity index (χ3n) is 5.36. The molecule has 2 aromatic rings. The molecule has 3 heterocycles. The highest BCUT2D eigenvalue weighted by molar-refractivity contribution is 5.93. The van der Waals surface area contributed by atoms with E-state index in [0.717, 1.165) is 68.9 Å². The highest BCUT2D eigenvalue weighted by Crippen LogP contribution is 2.33. The number of aromatic amines is 1. The normalized spacial score (nSPS) is 21.6. The van der Waals surface area contributed by atoms with Gasteiger partial charge in [-0.2, -0.15) is 5.10 Å². The average molecular weight is 344 g/mol. The fourth-order valence-electron chi connectivity index (χ4n) is 4.02. The Hall–Kier alpha value is -2.45. The maximum absolute atomic E-state index is 12.5. The van der Waals surface area contributed by atoms with Gasteiger partial charge < -0.3 is 10.2 Å². The van der Waals surface area contributed by atoms with Crippen LogP contribution in [-0.2, 0) is 11.8 Å². The number of anilines is 2. The van der Waals surface area contributed by atoms with E-state index in [1.807, 2.05) is 7.05 Å². The topological polar surface area (TPSA) is 105 Å². The van der Waals surface area contributed by atoms with E-state index >= 15 is 0 Å². The molecule has 4 rings (SSSR count). The number of hydrogen-bond acceptors (Lipinski definition) is 6. The lowest BCUT2D eigenvalue weighted by Crippen LogP contribution is -2.36. The van der Waals surface area contributed by atoms with Gasteiger partial charge in [0.15, 0.2) is 0 Å². The second kappa shape index (κ2) is 6.81. The molecule has 1 aliphatic heterocycles. The van der Waals surface area contributed by atoms with Crippen molar-refractivity contribution in [3.8, 4) is 0 Å². The molecule has 1 aliphatic carbocycles. The van der Waals surface area contributed by atoms with E-state index in [1.165, 1.54) is 0 Å². The molecule has 0 aromatic carbocycles. The number of nitrogens with zero attached hydrogens (tertiary/aromatic N) is 6. The summed E-state index contributed by atoms with van der Waals surface area (Å²) in [6, 6.07) is 0. The highest BCUT2D eigenvalue weighted by Gasteiger charge is 2.29. The van der Waals surface area contributed by atoms with E-state index in [1.54, 1.807) is 10.9 Å². The minimum absolute atomic E-state index is 0.130. The number of carbonyl (C=O) groups is 1. The second-order valence-electron chi connectivity index (χ2n) is 7.06. The van der Waals surface area contributed by atoms with Crippen molar-refractivity contribution in [3.63, 3.8) is 0 Å². The van der Waals surface area contributed by atoms with Crippen molar-refractivity contribution in [2.45, 2.75) is 44.4 Å². The Morgan fingerprint density at radius 2 is 2.12 bits per heavy atom. The maximum atomic E-state index is 12.5. The lowest BCUT2D eigenvalue weighted by molar-refractivity contribution is -0.119. The first-order chi connectivity index (χ1) is 12.2. The SMILES string of the molecule is Cn1nnnc1N1CCCC(c2[nH]ncc2NC(=O)C2CCCC2)C1. The quantitative estimate of drug-likeness (QED) is 0.870. The van der Waals surface area contributed by atoms with Crippen LogP contribution < -0.4 is 10.2 Å². The van der Waals surface area contributed by atoms with E-state index in [2.05, 4.69) is 35.9 Å². The highest BCUT2D eigenvalue weighted by atomic mass is 16.1. The number of aryl methyl sites for hydroxylation is 1. The zero-order chi connectivity index (χ0) is 17.2. The molecule has 0 spiro atoms. The third kappa shape index (κ3) is 3.22. The molecule has 1 saturated carbocycles. The Balaban J connectivity index is 1.47. The summed E-state index contributed by atoms with van der Waals surface area (Å²) >= 11 is 0. The molecule has 2 aliphatic rings. The predicted octanol–water partition coefficient (Wildman–Crippen LogP) is 1.45. The van der Waals surface area contributed by atoms with Gasteiger partial charge in [-0.15, -0.1) is 0 Å². The Morgan fingerprint density at radius 1 is 1.28 bits per heavy atom. The molecule has 2 aromatic heterocycles. The number of aromatic nitrogens is 6. The van der Waals surface area contributed by atoms with Gasteiger partial charge in [-0.25, -0.2) is 4.68 Å². The first-order valence-electron chi connectivity index (χ1n) is 9.04. The number of carbonyl (C=O) groups excluding carboxylic acids is 1. The molecule has 1 amide bonds. The molecule has 1 saturated heterocycles. The smallest absolute Gasteiger partial charge is 0.245 e. The first-order valence-corrected chi connectivity index (χ1v) is 9.04. The molecular formula is C16H24N8O. The summed E-state index contributed by atoms with van der Waals surface area (Å²) < 4.78 is 1.69. The second-order valence-corrected chi connectivity index (χ2v) is 7.06. The summed E-state index contributed by atoms with van der Waals surface area (Å²) in [5, 5.41) is 22.1. The van der Waals surface area contributed by atoms with Crippen LogP contribution in [0.5, 0.6) is 0 Å². The summed E-state index contributed by atoms with van der Waals surface area (Å²) in [6.45, 7) is 1.74. The minimum Gasteiger partial charge on any atom is -0.339 e. The van der Waals surface area contributed by atoms with Gasteiger partial charge in [-0.3, -0.25) is 9.89 Å². The zero-order valence-electron chi connectivity index (χ0n) is 14.5. The Labute approximate surface area is 146 Å². The van der Waals surface area contributed by atoms with E-state index in [9.17, 15) is 4.79 Å². The van der Waals surface area contributed by atoms with Crippen LogP contribution in [0.3, 0.4) is 0 Å². The number of rotatable bonds is 4. The van der Waals surface area contributed by atoms with Crippen molar-refractivity contribution < 1.29 is 4.79 Å². The van der Waals surface area contributed by atoms with E-state index in [0.29, 0.717) is 0 Å². The molecule has 0 radical (unpaired) electrons. The van der Waals surface area contributed by atoms with Crippen LogP contribution in [0.25, 0.3) is 0 Å². The number of tetrazole rings is 1. The van der Waals surface area contributed by atoms with E-state index < -0.39 is 0 Å². The van der Waals surface area contributed by atoms with Crippen molar-refractivity contribution in [1.82, 2.24) is 30.4 Å². The summed E-state index contributed by atoms with van der Waals surface area (Å²) in [7, 11) is 1.85. The van der Waals surface area contributed by atoms with Gasteiger partial charge >= 0.3 is 0 Å². The van der Waals surface area contributed by atoms with Crippen molar-refractivity contribution in [1.29, 1.82) is 0 Å². The number of hydrogen-bond donors (Lipinski definition) is 2. The Kier molecular flexibility index (Phi) is 4.37. The fourth-order valence-corrected chi connectivity index (χ4v) is 4.02. The molecule has 134 valence electrons. The fraction of sp³-hybridized carbons (Fsp3) is 0.688. The third-order valence-corrected chi connectivity index (χ3v) is 5.36. The van der Waals surface area contributed by atoms with Crippen LogP contribution in [0.2, 0.25) is 0 Å². The van der Waals surface area contributed by atoms with Gasteiger partial charge in [0, 0.05) is 32.0 Å². The lowest BCUT2D eigenvalue weighted by atomic mass is 9.94. The van der Waals surface area contributed by atoms with Gasteiger partial charge in [0.2, 0.25) is 11.9 Å². The average Bonchev–Trinajstić information content (AvgIpc) is 3.36. The van der Waals surface area contributed by atoms with Gasteiger partial charge in [-0.1, -0.05) is 17.9 Å². The Morgan fingerprint density at radius 3 is 2.88 bits per heavy atom. The summed E-state index contributed by atoms with van der Waals surface area (Å²) in [5.41, 5.74) is 1.83. The predicted molar refractivity (Wildman–Crippen MR) is 92.2 cm³/mol. The molecule has 25 heavy (non-hydrogen) atoms. The van der Waals surface area contributed by atoms with Crippen molar-refractivity contribution in [2.24, 2.45) is 13.0 Å². The lowest BCUT2D eigenvalue weighted by Gasteiger charge is -2.32. The van der Waals surface area contributed by atoms with Gasteiger partial charge in [0.1, 0.15) is 0 Å². The van der Waals surface area contributed by atoms with Gasteiger partial charge in [-0.05, 0) is 36.1 Å². The van der Waals surface area contributed by atoms with Crippen LogP contribution in [-0.4, -0.2) is 49.4 Å². The van der Waals surface area contributed by atoms with E-state index in [4.69, 9.17) is 0 Å². The molecule has 0 bridgehead atoms. The molecule has 9 nitrogen and oxygen atoms in total. The van der Waals surface area contributed by atoms with Crippen LogP contribution >= 0.6 is 0 Å². The van der Waals surface area contributed by atoms with Crippen LogP contribution in [0.15, 0.2) is 6.20 Å². The van der Waals surface area contributed by atoms with Crippen LogP contribution in [0.1, 0.15) is 50.1 Å². The van der Waals surface area contributed by atoms with Crippen molar-refractivity contribution >= 4 is 17.5 Å². The number of nitrogens with one attached hydrogen (secondary N) is 2. The number of H-pyrrole nitrogens is 1. The number of piperidine rings is 1. The Bertz CT molecular complexity index is 732. The molecule has 1 atom stereocenters. The van der Waals surface area contributed by atoms with Crippen LogP contribution in [0.4, 0.5) is 11.6 Å². The van der Waals surface area contributed by atoms with E-state index in [-0.39, 0.29) is 17.7 Å². The number of amides is 1. The minimum atomic E-state index is 0.130. The van der Waals surface area contributed by atoms with Crippen molar-refractivity contribution in [3.05, 3.63) is 11.9 Å². The maximum Gasteiger partial charge on any atom is 0.245 e. The standard InChI is InChI=1S/C16H24N8O/c1-23-16(20-21-22-23)24-8-4-7-12(10-24)14-13(9-17-19-14)18-15(25)11-5-2-3-6-11/h9,11-12H,2-8,10H2,1H3,(H,17,19)(H,18,25). The molecule has 1 unspecified atom stereocenters. The van der Waals surface area contributed by atoms with Crippen LogP contribution in [0, 0.1) is 5.92 Å². The first kappa shape index (κ1) is 16.0. The summed E-state index contributed by atoms with van der Waals surface area (Å²) in [4.78, 5) is 14.6. The molecule has 2 fully saturated rings. The van der Waals surface area contributed by atoms with Gasteiger partial charge in [0.25, 0.3) is 0 Å². The molecule has 2 N–H and O–H groups in total. The van der Waals surface area contributed by atoms with Crippen molar-refractivity contribution in [2.75, 3.05) is 23.3 Å². The monoisotopic (exact) mass is 344 g/mol. The van der Waals surface area contributed by atoms with Gasteiger partial charge in [0.05, 0.1) is 17.6 Å². The molecular weight excluding hydrogens is 320 g/mol. The summed E-state index contributed by atoms with van der Waals surface area (Å²) in [5.74, 6) is 1.33. The largest absolute Gasteiger partial charge is 0.339 e. The molecule has 9 heteroatoms.